The van der Waals surface area contributed by atoms with Crippen LogP contribution in [0.5, 0.6) is 0 Å². The number of hydrogen-bond donors (Lipinski definition) is 1. The van der Waals surface area contributed by atoms with Gasteiger partial charge in [-0.1, -0.05) is 59.8 Å². The van der Waals surface area contributed by atoms with Crippen LogP contribution in [-0.4, -0.2) is 12.6 Å². The molecule has 2 aromatic rings. The molecule has 3 nitrogen and oxygen atoms in total. The van der Waals surface area contributed by atoms with Gasteiger partial charge in [-0.3, -0.25) is 0 Å². The zero-order valence-electron chi connectivity index (χ0n) is 10.1. The summed E-state index contributed by atoms with van der Waals surface area (Å²) < 4.78 is 0. The summed E-state index contributed by atoms with van der Waals surface area (Å²) >= 11 is 0. The van der Waals surface area contributed by atoms with E-state index < -0.39 is 0 Å². The topological polar surface area (TPSA) is 55.4 Å². The summed E-state index contributed by atoms with van der Waals surface area (Å²) in [5.74, 6) is 0. The van der Waals surface area contributed by atoms with Crippen LogP contribution in [0, 0.1) is 4.91 Å². The van der Waals surface area contributed by atoms with Crippen molar-refractivity contribution < 1.29 is 0 Å². The molecule has 0 bridgehead atoms. The summed E-state index contributed by atoms with van der Waals surface area (Å²) in [4.78, 5) is 10.1. The van der Waals surface area contributed by atoms with Crippen molar-refractivity contribution in [2.24, 2.45) is 10.9 Å². The summed E-state index contributed by atoms with van der Waals surface area (Å²) in [5, 5.41) is 2.82. The predicted molar refractivity (Wildman–Crippen MR) is 74.2 cm³/mol. The molecule has 2 aromatic carbocycles. The molecule has 0 aliphatic carbocycles. The molecule has 0 spiro atoms. The Balaban J connectivity index is 2.08. The first-order valence-corrected chi connectivity index (χ1v) is 5.98. The van der Waals surface area contributed by atoms with Gasteiger partial charge >= 0.3 is 0 Å². The van der Waals surface area contributed by atoms with Crippen molar-refractivity contribution in [3.8, 4) is 11.1 Å². The van der Waals surface area contributed by atoms with E-state index >= 15 is 0 Å². The number of nitrogens with two attached hydrogens (primary N) is 1. The Hall–Kier alpha value is -2.00. The van der Waals surface area contributed by atoms with Gasteiger partial charge in [0.05, 0.1) is 6.54 Å². The van der Waals surface area contributed by atoms with Crippen molar-refractivity contribution in [3.05, 3.63) is 65.1 Å². The average molecular weight is 240 g/mol. The molecule has 0 aromatic heterocycles. The van der Waals surface area contributed by atoms with Crippen LogP contribution in [0.25, 0.3) is 11.1 Å². The molecular formula is C15H16N2O. The molecule has 1 unspecified atom stereocenters. The molecule has 92 valence electrons. The normalized spacial score (nSPS) is 12.1. The fourth-order valence-electron chi connectivity index (χ4n) is 1.93. The third-order valence-corrected chi connectivity index (χ3v) is 2.87. The van der Waals surface area contributed by atoms with Gasteiger partial charge in [0, 0.05) is 6.04 Å². The van der Waals surface area contributed by atoms with Crippen molar-refractivity contribution >= 4 is 0 Å². The van der Waals surface area contributed by atoms with Gasteiger partial charge < -0.3 is 5.73 Å². The van der Waals surface area contributed by atoms with Gasteiger partial charge in [0.15, 0.2) is 0 Å². The molecule has 0 saturated carbocycles. The fourth-order valence-corrected chi connectivity index (χ4v) is 1.93. The number of benzene rings is 2. The highest BCUT2D eigenvalue weighted by molar-refractivity contribution is 5.63. The number of nitrogens with zero attached hydrogens (tertiary/aromatic N) is 1. The maximum absolute atomic E-state index is 10.1. The molecule has 0 fully saturated rings. The molecule has 0 aliphatic rings. The first-order chi connectivity index (χ1) is 8.79. The molecule has 0 heterocycles. The summed E-state index contributed by atoms with van der Waals surface area (Å²) in [6.07, 6.45) is 0.681. The Morgan fingerprint density at radius 3 is 2.17 bits per heavy atom. The van der Waals surface area contributed by atoms with Crippen LogP contribution in [-0.2, 0) is 6.42 Å². The lowest BCUT2D eigenvalue weighted by molar-refractivity contribution is 0.677. The predicted octanol–water partition coefficient (Wildman–Crippen LogP) is 2.99. The minimum Gasteiger partial charge on any atom is -0.326 e. The van der Waals surface area contributed by atoms with E-state index in [1.807, 2.05) is 30.3 Å². The van der Waals surface area contributed by atoms with E-state index in [4.69, 9.17) is 5.73 Å². The standard InChI is InChI=1S/C15H16N2O/c16-15(11-17-18)10-12-6-8-14(9-7-12)13-4-2-1-3-5-13/h1-9,15H,10-11,16H2. The lowest BCUT2D eigenvalue weighted by atomic mass is 10.0. The number of nitroso groups, excluding NO2 is 1. The molecule has 18 heavy (non-hydrogen) atoms. The van der Waals surface area contributed by atoms with Gasteiger partial charge in [-0.15, -0.1) is 0 Å². The average Bonchev–Trinajstić information content (AvgIpc) is 2.41. The Labute approximate surface area is 107 Å². The zero-order valence-corrected chi connectivity index (χ0v) is 10.1. The lowest BCUT2D eigenvalue weighted by Crippen LogP contribution is -2.25. The smallest absolute Gasteiger partial charge is 0.0965 e. The summed E-state index contributed by atoms with van der Waals surface area (Å²) in [6.45, 7) is 0.167. The van der Waals surface area contributed by atoms with Crippen LogP contribution in [0.4, 0.5) is 0 Å². The van der Waals surface area contributed by atoms with E-state index in [1.165, 1.54) is 11.1 Å². The molecule has 0 saturated heterocycles. The maximum Gasteiger partial charge on any atom is 0.0965 e. The van der Waals surface area contributed by atoms with Crippen LogP contribution in [0.3, 0.4) is 0 Å². The molecule has 1 atom stereocenters. The second-order valence-electron chi connectivity index (χ2n) is 4.34. The first-order valence-electron chi connectivity index (χ1n) is 5.98. The van der Waals surface area contributed by atoms with E-state index in [1.54, 1.807) is 0 Å². The largest absolute Gasteiger partial charge is 0.326 e. The van der Waals surface area contributed by atoms with E-state index in [0.29, 0.717) is 6.42 Å². The first kappa shape index (κ1) is 12.5. The van der Waals surface area contributed by atoms with Crippen molar-refractivity contribution in [1.82, 2.24) is 0 Å². The van der Waals surface area contributed by atoms with Crippen molar-refractivity contribution in [2.45, 2.75) is 12.5 Å². The number of hydrogen-bond acceptors (Lipinski definition) is 3. The molecule has 2 rings (SSSR count). The number of rotatable bonds is 5. The van der Waals surface area contributed by atoms with Crippen molar-refractivity contribution in [1.29, 1.82) is 0 Å². The van der Waals surface area contributed by atoms with E-state index in [0.717, 1.165) is 5.56 Å². The van der Waals surface area contributed by atoms with Crippen LogP contribution in [0.1, 0.15) is 5.56 Å². The third kappa shape index (κ3) is 3.25. The Morgan fingerprint density at radius 2 is 1.56 bits per heavy atom. The summed E-state index contributed by atoms with van der Waals surface area (Å²) in [7, 11) is 0. The lowest BCUT2D eigenvalue weighted by Gasteiger charge is -2.08. The SMILES string of the molecule is NC(CN=O)Cc1ccc(-c2ccccc2)cc1. The van der Waals surface area contributed by atoms with Crippen LogP contribution < -0.4 is 5.73 Å². The van der Waals surface area contributed by atoms with Crippen LogP contribution >= 0.6 is 0 Å². The minimum absolute atomic E-state index is 0.167. The van der Waals surface area contributed by atoms with Gasteiger partial charge in [-0.05, 0) is 23.1 Å². The Bertz CT molecular complexity index is 494. The highest BCUT2D eigenvalue weighted by Gasteiger charge is 2.04. The highest BCUT2D eigenvalue weighted by atomic mass is 16.3. The van der Waals surface area contributed by atoms with Crippen molar-refractivity contribution in [2.75, 3.05) is 6.54 Å². The van der Waals surface area contributed by atoms with Gasteiger partial charge in [-0.25, -0.2) is 0 Å². The molecular weight excluding hydrogens is 224 g/mol. The molecule has 3 heteroatoms. The highest BCUT2D eigenvalue weighted by Crippen LogP contribution is 2.19. The van der Waals surface area contributed by atoms with Crippen LogP contribution in [0.15, 0.2) is 59.8 Å². The summed E-state index contributed by atoms with van der Waals surface area (Å²) in [6, 6.07) is 18.3. The Kier molecular flexibility index (Phi) is 4.20. The molecule has 2 N–H and O–H groups in total. The second-order valence-corrected chi connectivity index (χ2v) is 4.34. The third-order valence-electron chi connectivity index (χ3n) is 2.87. The maximum atomic E-state index is 10.1. The summed E-state index contributed by atoms with van der Waals surface area (Å²) in [5.41, 5.74) is 9.28. The fraction of sp³-hybridized carbons (Fsp3) is 0.200. The van der Waals surface area contributed by atoms with Crippen LogP contribution in [0.2, 0.25) is 0 Å². The van der Waals surface area contributed by atoms with E-state index in [2.05, 4.69) is 29.4 Å². The minimum atomic E-state index is -0.190. The van der Waals surface area contributed by atoms with E-state index in [9.17, 15) is 4.91 Å². The zero-order chi connectivity index (χ0) is 12.8. The second kappa shape index (κ2) is 6.07. The van der Waals surface area contributed by atoms with Crippen molar-refractivity contribution in [3.63, 3.8) is 0 Å². The van der Waals surface area contributed by atoms with Gasteiger partial charge in [0.2, 0.25) is 0 Å². The quantitative estimate of drug-likeness (QED) is 0.817. The van der Waals surface area contributed by atoms with Gasteiger partial charge in [-0.2, -0.15) is 4.91 Å². The van der Waals surface area contributed by atoms with E-state index in [-0.39, 0.29) is 12.6 Å². The molecule has 0 amide bonds. The Morgan fingerprint density at radius 1 is 0.944 bits per heavy atom. The monoisotopic (exact) mass is 240 g/mol. The molecule has 0 aliphatic heterocycles. The van der Waals surface area contributed by atoms with Gasteiger partial charge in [0.25, 0.3) is 0 Å². The van der Waals surface area contributed by atoms with Gasteiger partial charge in [0.1, 0.15) is 0 Å². The molecule has 0 radical (unpaired) electrons.